The molecule has 1 aliphatic heterocycles. The first-order valence-electron chi connectivity index (χ1n) is 4.77. The van der Waals surface area contributed by atoms with E-state index in [-0.39, 0.29) is 17.9 Å². The van der Waals surface area contributed by atoms with Gasteiger partial charge < -0.3 is 4.74 Å². The number of hydrogen-bond donors (Lipinski definition) is 0. The van der Waals surface area contributed by atoms with Crippen molar-refractivity contribution < 1.29 is 9.53 Å². The van der Waals surface area contributed by atoms with Crippen LogP contribution in [0.5, 0.6) is 0 Å². The average molecular weight is 183 g/mol. The van der Waals surface area contributed by atoms with Crippen LogP contribution >= 0.6 is 0 Å². The zero-order chi connectivity index (χ0) is 10.0. The number of cyclic esters (lactones) is 1. The van der Waals surface area contributed by atoms with E-state index in [0.29, 0.717) is 18.2 Å². The first-order chi connectivity index (χ1) is 6.02. The molecule has 0 aromatic carbocycles. The molecule has 1 heterocycles. The van der Waals surface area contributed by atoms with Gasteiger partial charge in [-0.05, 0) is 5.92 Å². The van der Waals surface area contributed by atoms with E-state index in [4.69, 9.17) is 4.74 Å². The second-order valence-electron chi connectivity index (χ2n) is 4.08. The molecule has 0 aromatic rings. The van der Waals surface area contributed by atoms with Crippen molar-refractivity contribution in [2.75, 3.05) is 6.61 Å². The van der Waals surface area contributed by atoms with E-state index in [9.17, 15) is 4.79 Å². The van der Waals surface area contributed by atoms with Crippen LogP contribution in [0.15, 0.2) is 4.99 Å². The maximum atomic E-state index is 11.3. The topological polar surface area (TPSA) is 38.7 Å². The highest BCUT2D eigenvalue weighted by Gasteiger charge is 2.26. The Bertz CT molecular complexity index is 231. The molecule has 0 bridgehead atoms. The first kappa shape index (κ1) is 10.2. The summed E-state index contributed by atoms with van der Waals surface area (Å²) in [5, 5.41) is 0. The van der Waals surface area contributed by atoms with Crippen molar-refractivity contribution in [2.45, 2.75) is 33.7 Å². The Morgan fingerprint density at radius 1 is 1.38 bits per heavy atom. The molecule has 74 valence electrons. The van der Waals surface area contributed by atoms with Crippen LogP contribution in [0.4, 0.5) is 0 Å². The smallest absolute Gasteiger partial charge is 0.352 e. The lowest BCUT2D eigenvalue weighted by atomic mass is 10.0. The molecule has 1 aliphatic rings. The highest BCUT2D eigenvalue weighted by atomic mass is 16.5. The van der Waals surface area contributed by atoms with Gasteiger partial charge in [0.05, 0.1) is 6.04 Å². The lowest BCUT2D eigenvalue weighted by molar-refractivity contribution is -0.137. The van der Waals surface area contributed by atoms with Gasteiger partial charge in [-0.3, -0.25) is 4.99 Å². The maximum absolute atomic E-state index is 11.3. The van der Waals surface area contributed by atoms with Gasteiger partial charge in [0.2, 0.25) is 0 Å². The molecule has 0 aliphatic carbocycles. The summed E-state index contributed by atoms with van der Waals surface area (Å²) in [6.07, 6.45) is 0. The minimum Gasteiger partial charge on any atom is -0.459 e. The molecular formula is C10H17NO2. The molecule has 0 fully saturated rings. The highest BCUT2D eigenvalue weighted by Crippen LogP contribution is 2.15. The van der Waals surface area contributed by atoms with Gasteiger partial charge in [0.15, 0.2) is 0 Å². The maximum Gasteiger partial charge on any atom is 0.352 e. The molecule has 0 saturated carbocycles. The number of carbonyl (C=O) groups excluding carboxylic acids is 1. The number of ether oxygens (including phenoxy) is 1. The molecule has 0 spiro atoms. The summed E-state index contributed by atoms with van der Waals surface area (Å²) >= 11 is 0. The number of nitrogens with zero attached hydrogens (tertiary/aromatic N) is 1. The predicted octanol–water partition coefficient (Wildman–Crippen LogP) is 1.66. The second kappa shape index (κ2) is 3.90. The molecule has 0 amide bonds. The fraction of sp³-hybridized carbons (Fsp3) is 0.800. The summed E-state index contributed by atoms with van der Waals surface area (Å²) in [4.78, 5) is 15.7. The lowest BCUT2D eigenvalue weighted by Gasteiger charge is -2.24. The SMILES string of the molecule is CC(C)C1=N[C@@H](C(C)C)COC1=O. The van der Waals surface area contributed by atoms with Gasteiger partial charge in [0.1, 0.15) is 12.3 Å². The highest BCUT2D eigenvalue weighted by molar-refractivity contribution is 6.37. The molecule has 0 aromatic heterocycles. The van der Waals surface area contributed by atoms with E-state index in [0.717, 1.165) is 0 Å². The quantitative estimate of drug-likeness (QED) is 0.611. The summed E-state index contributed by atoms with van der Waals surface area (Å²) in [7, 11) is 0. The predicted molar refractivity (Wildman–Crippen MR) is 51.9 cm³/mol. The molecule has 0 N–H and O–H groups in total. The van der Waals surface area contributed by atoms with Crippen molar-refractivity contribution in [1.82, 2.24) is 0 Å². The molecule has 0 saturated heterocycles. The average Bonchev–Trinajstić information content (AvgIpc) is 2.04. The molecule has 3 nitrogen and oxygen atoms in total. The third-order valence-electron chi connectivity index (χ3n) is 2.22. The molecule has 0 radical (unpaired) electrons. The molecule has 13 heavy (non-hydrogen) atoms. The Hall–Kier alpha value is -0.860. The number of esters is 1. The van der Waals surface area contributed by atoms with Crippen molar-refractivity contribution in [3.05, 3.63) is 0 Å². The van der Waals surface area contributed by atoms with Gasteiger partial charge in [0.25, 0.3) is 0 Å². The van der Waals surface area contributed by atoms with Crippen molar-refractivity contribution in [3.63, 3.8) is 0 Å². The number of aliphatic imine (C=N–C) groups is 1. The minimum absolute atomic E-state index is 0.148. The molecular weight excluding hydrogens is 166 g/mol. The van der Waals surface area contributed by atoms with Crippen LogP contribution in [0.3, 0.4) is 0 Å². The normalized spacial score (nSPS) is 23.4. The van der Waals surface area contributed by atoms with Crippen molar-refractivity contribution in [2.24, 2.45) is 16.8 Å². The van der Waals surface area contributed by atoms with Crippen LogP contribution < -0.4 is 0 Å². The summed E-state index contributed by atoms with van der Waals surface area (Å²) < 4.78 is 5.06. The summed E-state index contributed by atoms with van der Waals surface area (Å²) in [6.45, 7) is 8.54. The van der Waals surface area contributed by atoms with Crippen LogP contribution in [0.1, 0.15) is 27.7 Å². The summed E-state index contributed by atoms with van der Waals surface area (Å²) in [5.41, 5.74) is 0.588. The Kier molecular flexibility index (Phi) is 3.07. The molecule has 1 rings (SSSR count). The Labute approximate surface area is 79.2 Å². The zero-order valence-electron chi connectivity index (χ0n) is 8.70. The fourth-order valence-electron chi connectivity index (χ4n) is 1.23. The summed E-state index contributed by atoms with van der Waals surface area (Å²) in [6, 6.07) is 0.148. The van der Waals surface area contributed by atoms with E-state index < -0.39 is 0 Å². The standard InChI is InChI=1S/C10H17NO2/c1-6(2)8-5-13-10(12)9(11-8)7(3)4/h6-8H,5H2,1-4H3/t8-/m1/s1. The third kappa shape index (κ3) is 2.29. The van der Waals surface area contributed by atoms with E-state index in [1.165, 1.54) is 0 Å². The van der Waals surface area contributed by atoms with Gasteiger partial charge in [-0.15, -0.1) is 0 Å². The van der Waals surface area contributed by atoms with Gasteiger partial charge in [-0.25, -0.2) is 4.79 Å². The Morgan fingerprint density at radius 2 is 2.00 bits per heavy atom. The third-order valence-corrected chi connectivity index (χ3v) is 2.22. The van der Waals surface area contributed by atoms with Gasteiger partial charge in [0, 0.05) is 5.92 Å². The van der Waals surface area contributed by atoms with Gasteiger partial charge in [-0.1, -0.05) is 27.7 Å². The summed E-state index contributed by atoms with van der Waals surface area (Å²) in [5.74, 6) is 0.350. The Balaban J connectivity index is 2.82. The number of rotatable bonds is 2. The Morgan fingerprint density at radius 3 is 2.46 bits per heavy atom. The largest absolute Gasteiger partial charge is 0.459 e. The van der Waals surface area contributed by atoms with Crippen molar-refractivity contribution in [3.8, 4) is 0 Å². The second-order valence-corrected chi connectivity index (χ2v) is 4.08. The van der Waals surface area contributed by atoms with E-state index in [1.54, 1.807) is 0 Å². The molecule has 1 atom stereocenters. The fourth-order valence-corrected chi connectivity index (χ4v) is 1.23. The van der Waals surface area contributed by atoms with Crippen LogP contribution in [0.2, 0.25) is 0 Å². The van der Waals surface area contributed by atoms with E-state index in [2.05, 4.69) is 18.8 Å². The molecule has 0 unspecified atom stereocenters. The van der Waals surface area contributed by atoms with Crippen LogP contribution in [0, 0.1) is 11.8 Å². The van der Waals surface area contributed by atoms with E-state index in [1.807, 2.05) is 13.8 Å². The van der Waals surface area contributed by atoms with Crippen LogP contribution in [0.25, 0.3) is 0 Å². The number of carbonyl (C=O) groups is 1. The minimum atomic E-state index is -0.244. The molecule has 3 heteroatoms. The monoisotopic (exact) mass is 183 g/mol. The number of hydrogen-bond acceptors (Lipinski definition) is 3. The first-order valence-corrected chi connectivity index (χ1v) is 4.77. The van der Waals surface area contributed by atoms with Crippen LogP contribution in [-0.2, 0) is 9.53 Å². The van der Waals surface area contributed by atoms with Crippen molar-refractivity contribution in [1.29, 1.82) is 0 Å². The van der Waals surface area contributed by atoms with Crippen LogP contribution in [-0.4, -0.2) is 24.3 Å². The zero-order valence-corrected chi connectivity index (χ0v) is 8.70. The van der Waals surface area contributed by atoms with Gasteiger partial charge >= 0.3 is 5.97 Å². The van der Waals surface area contributed by atoms with Crippen molar-refractivity contribution >= 4 is 11.7 Å². The van der Waals surface area contributed by atoms with E-state index >= 15 is 0 Å². The van der Waals surface area contributed by atoms with Gasteiger partial charge in [-0.2, -0.15) is 0 Å². The lowest BCUT2D eigenvalue weighted by Crippen LogP contribution is -2.35.